The van der Waals surface area contributed by atoms with E-state index in [1.54, 1.807) is 12.3 Å². The Morgan fingerprint density at radius 1 is 1.29 bits per heavy atom. The van der Waals surface area contributed by atoms with Crippen molar-refractivity contribution >= 4 is 22.3 Å². The number of nitro groups is 1. The lowest BCUT2D eigenvalue weighted by atomic mass is 10.1. The average Bonchev–Trinajstić information content (AvgIpc) is 2.58. The van der Waals surface area contributed by atoms with Gasteiger partial charge in [0.15, 0.2) is 0 Å². The van der Waals surface area contributed by atoms with Crippen LogP contribution in [0.4, 0.5) is 11.4 Å². The number of nitro benzene ring substituents is 1. The number of aromatic nitrogens is 1. The summed E-state index contributed by atoms with van der Waals surface area (Å²) in [6, 6.07) is 7.08. The molecule has 0 amide bonds. The molecule has 24 heavy (non-hydrogen) atoms. The van der Waals surface area contributed by atoms with Crippen molar-refractivity contribution < 1.29 is 4.92 Å². The molecule has 1 heterocycles. The topological polar surface area (TPSA) is 71.3 Å². The lowest BCUT2D eigenvalue weighted by Gasteiger charge is -2.20. The van der Waals surface area contributed by atoms with Gasteiger partial charge in [0.1, 0.15) is 0 Å². The highest BCUT2D eigenvalue weighted by Crippen LogP contribution is 2.26. The molecule has 0 aliphatic rings. The maximum atomic E-state index is 10.9. The number of pyridine rings is 1. The minimum atomic E-state index is -0.392. The van der Waals surface area contributed by atoms with Gasteiger partial charge in [-0.2, -0.15) is 0 Å². The molecule has 1 atom stereocenters. The summed E-state index contributed by atoms with van der Waals surface area (Å²) in [5.74, 6) is 0. The predicted octanol–water partition coefficient (Wildman–Crippen LogP) is 4.07. The Kier molecular flexibility index (Phi) is 6.49. The van der Waals surface area contributed by atoms with E-state index in [0.717, 1.165) is 43.5 Å². The van der Waals surface area contributed by atoms with Gasteiger partial charge < -0.3 is 10.2 Å². The van der Waals surface area contributed by atoms with Crippen LogP contribution in [-0.4, -0.2) is 40.5 Å². The van der Waals surface area contributed by atoms with Gasteiger partial charge in [0.05, 0.1) is 10.4 Å². The van der Waals surface area contributed by atoms with Crippen LogP contribution in [-0.2, 0) is 0 Å². The Labute approximate surface area is 143 Å². The van der Waals surface area contributed by atoms with Gasteiger partial charge in [-0.1, -0.05) is 13.8 Å². The van der Waals surface area contributed by atoms with Crippen molar-refractivity contribution in [3.8, 4) is 0 Å². The Morgan fingerprint density at radius 3 is 2.71 bits per heavy atom. The predicted molar refractivity (Wildman–Crippen MR) is 98.5 cm³/mol. The van der Waals surface area contributed by atoms with E-state index in [-0.39, 0.29) is 5.69 Å². The standard InChI is InChI=1S/C18H26N4O2/c1-4-21(5-2)12-6-7-14(3)20-17-10-11-19-18-13-15(22(23)24)8-9-16(17)18/h8-11,13-14H,4-7,12H2,1-3H3,(H,19,20)/t14-/m0/s1. The molecule has 0 radical (unpaired) electrons. The van der Waals surface area contributed by atoms with Crippen LogP contribution in [0, 0.1) is 10.1 Å². The van der Waals surface area contributed by atoms with E-state index >= 15 is 0 Å². The van der Waals surface area contributed by atoms with Crippen LogP contribution in [0.25, 0.3) is 10.9 Å². The van der Waals surface area contributed by atoms with Gasteiger partial charge >= 0.3 is 0 Å². The van der Waals surface area contributed by atoms with Crippen molar-refractivity contribution in [1.29, 1.82) is 0 Å². The minimum Gasteiger partial charge on any atom is -0.382 e. The summed E-state index contributed by atoms with van der Waals surface area (Å²) in [6.07, 6.45) is 3.91. The molecule has 1 aromatic heterocycles. The number of benzene rings is 1. The van der Waals surface area contributed by atoms with Gasteiger partial charge in [0, 0.05) is 35.4 Å². The second-order valence-electron chi connectivity index (χ2n) is 6.03. The highest BCUT2D eigenvalue weighted by atomic mass is 16.6. The highest BCUT2D eigenvalue weighted by Gasteiger charge is 2.11. The highest BCUT2D eigenvalue weighted by molar-refractivity contribution is 5.92. The second kappa shape index (κ2) is 8.59. The third-order valence-corrected chi connectivity index (χ3v) is 4.34. The maximum absolute atomic E-state index is 10.9. The minimum absolute atomic E-state index is 0.0689. The Morgan fingerprint density at radius 2 is 2.04 bits per heavy atom. The third kappa shape index (κ3) is 4.64. The van der Waals surface area contributed by atoms with Crippen molar-refractivity contribution in [2.24, 2.45) is 0 Å². The smallest absolute Gasteiger partial charge is 0.271 e. The molecule has 0 fully saturated rings. The van der Waals surface area contributed by atoms with E-state index in [2.05, 4.69) is 36.0 Å². The van der Waals surface area contributed by atoms with Gasteiger partial charge in [-0.15, -0.1) is 0 Å². The van der Waals surface area contributed by atoms with Crippen molar-refractivity contribution in [2.45, 2.75) is 39.7 Å². The van der Waals surface area contributed by atoms with Gasteiger partial charge in [-0.05, 0) is 51.5 Å². The summed E-state index contributed by atoms with van der Waals surface area (Å²) in [4.78, 5) is 17.2. The number of rotatable bonds is 9. The number of nitrogens with one attached hydrogen (secondary N) is 1. The Balaban J connectivity index is 2.02. The molecule has 0 bridgehead atoms. The number of fused-ring (bicyclic) bond motifs is 1. The van der Waals surface area contributed by atoms with Gasteiger partial charge in [-0.25, -0.2) is 0 Å². The molecule has 2 aromatic rings. The fourth-order valence-electron chi connectivity index (χ4n) is 2.87. The lowest BCUT2D eigenvalue weighted by Crippen LogP contribution is -2.25. The number of hydrogen-bond donors (Lipinski definition) is 1. The summed E-state index contributed by atoms with van der Waals surface area (Å²) in [7, 11) is 0. The van der Waals surface area contributed by atoms with Crippen LogP contribution in [0.3, 0.4) is 0 Å². The number of nitrogens with zero attached hydrogens (tertiary/aromatic N) is 3. The monoisotopic (exact) mass is 330 g/mol. The zero-order valence-electron chi connectivity index (χ0n) is 14.7. The largest absolute Gasteiger partial charge is 0.382 e. The van der Waals surface area contributed by atoms with Crippen LogP contribution in [0.2, 0.25) is 0 Å². The molecule has 1 aromatic carbocycles. The molecular weight excluding hydrogens is 304 g/mol. The fourth-order valence-corrected chi connectivity index (χ4v) is 2.87. The van der Waals surface area contributed by atoms with E-state index in [1.807, 2.05) is 6.07 Å². The van der Waals surface area contributed by atoms with Crippen LogP contribution < -0.4 is 5.32 Å². The van der Waals surface area contributed by atoms with Crippen LogP contribution in [0.5, 0.6) is 0 Å². The van der Waals surface area contributed by atoms with E-state index < -0.39 is 4.92 Å². The lowest BCUT2D eigenvalue weighted by molar-refractivity contribution is -0.384. The molecule has 0 spiro atoms. The third-order valence-electron chi connectivity index (χ3n) is 4.34. The first-order chi connectivity index (χ1) is 11.5. The summed E-state index contributed by atoms with van der Waals surface area (Å²) in [6.45, 7) is 9.83. The first-order valence-corrected chi connectivity index (χ1v) is 8.57. The molecular formula is C18H26N4O2. The SMILES string of the molecule is CCN(CC)CCC[C@H](C)Nc1ccnc2cc([N+](=O)[O-])ccc12. The molecule has 130 valence electrons. The summed E-state index contributed by atoms with van der Waals surface area (Å²) >= 11 is 0. The first-order valence-electron chi connectivity index (χ1n) is 8.57. The molecule has 6 heteroatoms. The maximum Gasteiger partial charge on any atom is 0.271 e. The van der Waals surface area contributed by atoms with E-state index in [4.69, 9.17) is 0 Å². The number of hydrogen-bond acceptors (Lipinski definition) is 5. The molecule has 1 N–H and O–H groups in total. The van der Waals surface area contributed by atoms with Crippen molar-refractivity contribution in [1.82, 2.24) is 9.88 Å². The molecule has 0 unspecified atom stereocenters. The Bertz CT molecular complexity index is 686. The molecule has 2 rings (SSSR count). The van der Waals surface area contributed by atoms with Gasteiger partial charge in [0.25, 0.3) is 5.69 Å². The molecule has 0 saturated carbocycles. The fraction of sp³-hybridized carbons (Fsp3) is 0.500. The Hall–Kier alpha value is -2.21. The van der Waals surface area contributed by atoms with Gasteiger partial charge in [-0.3, -0.25) is 15.1 Å². The summed E-state index contributed by atoms with van der Waals surface area (Å²) in [5, 5.41) is 15.3. The van der Waals surface area contributed by atoms with Crippen LogP contribution in [0.15, 0.2) is 30.5 Å². The molecule has 6 nitrogen and oxygen atoms in total. The number of anilines is 1. The van der Waals surface area contributed by atoms with E-state index in [1.165, 1.54) is 12.1 Å². The average molecular weight is 330 g/mol. The quantitative estimate of drug-likeness (QED) is 0.554. The van der Waals surface area contributed by atoms with Crippen molar-refractivity contribution in [3.05, 3.63) is 40.6 Å². The molecule has 0 aliphatic heterocycles. The second-order valence-corrected chi connectivity index (χ2v) is 6.03. The zero-order chi connectivity index (χ0) is 17.5. The first kappa shape index (κ1) is 18.1. The van der Waals surface area contributed by atoms with Crippen LogP contribution in [0.1, 0.15) is 33.6 Å². The molecule has 0 saturated heterocycles. The molecule has 0 aliphatic carbocycles. The van der Waals surface area contributed by atoms with Crippen LogP contribution >= 0.6 is 0 Å². The summed E-state index contributed by atoms with van der Waals surface area (Å²) < 4.78 is 0. The van der Waals surface area contributed by atoms with Crippen molar-refractivity contribution in [3.63, 3.8) is 0 Å². The van der Waals surface area contributed by atoms with E-state index in [0.29, 0.717) is 11.6 Å². The summed E-state index contributed by atoms with van der Waals surface area (Å²) in [5.41, 5.74) is 1.69. The van der Waals surface area contributed by atoms with E-state index in [9.17, 15) is 10.1 Å². The number of non-ortho nitro benzene ring substituents is 1. The zero-order valence-corrected chi connectivity index (χ0v) is 14.7. The van der Waals surface area contributed by atoms with Crippen molar-refractivity contribution in [2.75, 3.05) is 25.0 Å². The van der Waals surface area contributed by atoms with Gasteiger partial charge in [0.2, 0.25) is 0 Å². The normalized spacial score (nSPS) is 12.5.